The molecule has 104 valence electrons. The van der Waals surface area contributed by atoms with Gasteiger partial charge in [0.1, 0.15) is 12.4 Å². The van der Waals surface area contributed by atoms with Crippen LogP contribution in [0.25, 0.3) is 0 Å². The molecule has 6 nitrogen and oxygen atoms in total. The van der Waals surface area contributed by atoms with Crippen molar-refractivity contribution < 1.29 is 19.2 Å². The minimum absolute atomic E-state index is 0.102. The van der Waals surface area contributed by atoms with Crippen LogP contribution in [0.1, 0.15) is 12.0 Å². The van der Waals surface area contributed by atoms with E-state index in [0.29, 0.717) is 17.9 Å². The van der Waals surface area contributed by atoms with Crippen molar-refractivity contribution in [1.82, 2.24) is 0 Å². The van der Waals surface area contributed by atoms with E-state index in [1.54, 1.807) is 0 Å². The smallest absolute Gasteiger partial charge is 0.374 e. The SMILES string of the molecule is O=C(Br)OCc1cc(OCCCI)ccc1[N+](=O)[O-]. The van der Waals surface area contributed by atoms with Gasteiger partial charge in [-0.2, -0.15) is 0 Å². The van der Waals surface area contributed by atoms with E-state index in [9.17, 15) is 14.9 Å². The van der Waals surface area contributed by atoms with Crippen LogP contribution in [0.15, 0.2) is 18.2 Å². The van der Waals surface area contributed by atoms with Crippen LogP contribution in [0.3, 0.4) is 0 Å². The Morgan fingerprint density at radius 2 is 2.21 bits per heavy atom. The number of ether oxygens (including phenoxy) is 2. The molecule has 0 heterocycles. The lowest BCUT2D eigenvalue weighted by atomic mass is 10.2. The second kappa shape index (κ2) is 8.31. The van der Waals surface area contributed by atoms with Gasteiger partial charge in [-0.3, -0.25) is 10.1 Å². The lowest BCUT2D eigenvalue weighted by molar-refractivity contribution is -0.385. The summed E-state index contributed by atoms with van der Waals surface area (Å²) in [5, 5.41) is 10.8. The standard InChI is InChI=1S/C11H11BrINO5/c12-11(15)19-7-8-6-9(18-5-1-4-13)2-3-10(8)14(16)17/h2-3,6H,1,4-5,7H2. The fourth-order valence-electron chi connectivity index (χ4n) is 1.32. The van der Waals surface area contributed by atoms with Crippen LogP contribution in [-0.4, -0.2) is 20.8 Å². The van der Waals surface area contributed by atoms with E-state index < -0.39 is 9.80 Å². The van der Waals surface area contributed by atoms with Crippen molar-refractivity contribution in [2.24, 2.45) is 0 Å². The van der Waals surface area contributed by atoms with Crippen LogP contribution in [0.2, 0.25) is 0 Å². The van der Waals surface area contributed by atoms with E-state index in [0.717, 1.165) is 10.8 Å². The quantitative estimate of drug-likeness (QED) is 0.160. The Labute approximate surface area is 131 Å². The number of halogens is 2. The summed E-state index contributed by atoms with van der Waals surface area (Å²) >= 11 is 4.84. The number of carbonyl (C=O) groups excluding carboxylic acids is 1. The van der Waals surface area contributed by atoms with Gasteiger partial charge in [0.15, 0.2) is 0 Å². The van der Waals surface area contributed by atoms with Gasteiger partial charge in [0.2, 0.25) is 0 Å². The molecular formula is C11H11BrINO5. The molecule has 0 amide bonds. The first-order valence-corrected chi connectivity index (χ1v) is 7.64. The molecule has 0 aliphatic heterocycles. The summed E-state index contributed by atoms with van der Waals surface area (Å²) in [6.07, 6.45) is 0.892. The Kier molecular flexibility index (Phi) is 7.06. The van der Waals surface area contributed by atoms with E-state index in [2.05, 4.69) is 38.5 Å². The van der Waals surface area contributed by atoms with Crippen LogP contribution < -0.4 is 4.74 Å². The molecule has 0 aliphatic rings. The summed E-state index contributed by atoms with van der Waals surface area (Å²) in [7, 11) is 0. The van der Waals surface area contributed by atoms with Crippen molar-refractivity contribution in [2.45, 2.75) is 13.0 Å². The monoisotopic (exact) mass is 443 g/mol. The molecule has 0 spiro atoms. The number of benzene rings is 1. The van der Waals surface area contributed by atoms with Gasteiger partial charge in [-0.15, -0.1) is 0 Å². The Bertz CT molecular complexity index is 468. The zero-order valence-corrected chi connectivity index (χ0v) is 13.5. The fourth-order valence-corrected chi connectivity index (χ4v) is 1.75. The number of rotatable bonds is 7. The second-order valence-electron chi connectivity index (χ2n) is 3.46. The molecule has 1 aromatic rings. The van der Waals surface area contributed by atoms with Crippen molar-refractivity contribution >= 4 is 49.1 Å². The lowest BCUT2D eigenvalue weighted by Crippen LogP contribution is -2.02. The van der Waals surface area contributed by atoms with Crippen LogP contribution in [0.4, 0.5) is 10.5 Å². The molecular weight excluding hydrogens is 433 g/mol. The van der Waals surface area contributed by atoms with Crippen LogP contribution in [0, 0.1) is 10.1 Å². The summed E-state index contributed by atoms with van der Waals surface area (Å²) in [5.74, 6) is 0.524. The lowest BCUT2D eigenvalue weighted by Gasteiger charge is -2.08. The van der Waals surface area contributed by atoms with Crippen LogP contribution in [0.5, 0.6) is 5.75 Å². The summed E-state index contributed by atoms with van der Waals surface area (Å²) in [5.41, 5.74) is 0.194. The van der Waals surface area contributed by atoms with Gasteiger partial charge < -0.3 is 9.47 Å². The number of nitro benzene ring substituents is 1. The number of nitro groups is 1. The van der Waals surface area contributed by atoms with Crippen molar-refractivity contribution in [3.05, 3.63) is 33.9 Å². The van der Waals surface area contributed by atoms with E-state index in [1.807, 2.05) is 0 Å². The highest BCUT2D eigenvalue weighted by atomic mass is 127. The Morgan fingerprint density at radius 1 is 1.47 bits per heavy atom. The number of hydrogen-bond acceptors (Lipinski definition) is 5. The Hall–Kier alpha value is -0.900. The first kappa shape index (κ1) is 16.2. The number of hydrogen-bond donors (Lipinski definition) is 0. The van der Waals surface area contributed by atoms with Crippen molar-refractivity contribution in [1.29, 1.82) is 0 Å². The van der Waals surface area contributed by atoms with Gasteiger partial charge in [-0.05, 0) is 18.6 Å². The first-order chi connectivity index (χ1) is 9.04. The molecule has 0 unspecified atom stereocenters. The third-order valence-corrected chi connectivity index (χ3v) is 3.13. The minimum Gasteiger partial charge on any atom is -0.494 e. The summed E-state index contributed by atoms with van der Waals surface area (Å²) < 4.78 is 11.1. The van der Waals surface area contributed by atoms with Gasteiger partial charge in [0.25, 0.3) is 5.69 Å². The summed E-state index contributed by atoms with van der Waals surface area (Å²) in [6.45, 7) is 0.363. The fraction of sp³-hybridized carbons (Fsp3) is 0.364. The van der Waals surface area contributed by atoms with Crippen molar-refractivity contribution in [3.8, 4) is 5.75 Å². The molecule has 0 aliphatic carbocycles. The van der Waals surface area contributed by atoms with Crippen LogP contribution in [-0.2, 0) is 11.3 Å². The van der Waals surface area contributed by atoms with E-state index in [1.165, 1.54) is 18.2 Å². The maximum absolute atomic E-state index is 10.8. The third kappa shape index (κ3) is 5.72. The zero-order chi connectivity index (χ0) is 14.3. The second-order valence-corrected chi connectivity index (χ2v) is 5.19. The van der Waals surface area contributed by atoms with E-state index in [-0.39, 0.29) is 12.3 Å². The molecule has 0 N–H and O–H groups in total. The van der Waals surface area contributed by atoms with Gasteiger partial charge >= 0.3 is 4.88 Å². The summed E-state index contributed by atoms with van der Waals surface area (Å²) in [6, 6.07) is 4.39. The predicted octanol–water partition coefficient (Wildman–Crippen LogP) is 3.83. The molecule has 0 saturated heterocycles. The predicted molar refractivity (Wildman–Crippen MR) is 81.2 cm³/mol. The van der Waals surface area contributed by atoms with Crippen molar-refractivity contribution in [3.63, 3.8) is 0 Å². The molecule has 0 fully saturated rings. The molecule has 1 rings (SSSR count). The molecule has 0 radical (unpaired) electrons. The summed E-state index contributed by atoms with van der Waals surface area (Å²) in [4.78, 5) is 20.3. The van der Waals surface area contributed by atoms with Gasteiger partial charge in [0.05, 0.1) is 17.1 Å². The first-order valence-electron chi connectivity index (χ1n) is 5.33. The Morgan fingerprint density at radius 3 is 2.79 bits per heavy atom. The van der Waals surface area contributed by atoms with Gasteiger partial charge in [0, 0.05) is 26.4 Å². The molecule has 0 saturated carbocycles. The highest BCUT2D eigenvalue weighted by Crippen LogP contribution is 2.25. The zero-order valence-electron chi connectivity index (χ0n) is 9.80. The Balaban J connectivity index is 2.84. The molecule has 0 atom stereocenters. The maximum Gasteiger partial charge on any atom is 0.374 e. The molecule has 0 bridgehead atoms. The average molecular weight is 444 g/mol. The van der Waals surface area contributed by atoms with Crippen LogP contribution >= 0.6 is 38.5 Å². The van der Waals surface area contributed by atoms with Crippen molar-refractivity contribution in [2.75, 3.05) is 11.0 Å². The number of alkyl halides is 1. The maximum atomic E-state index is 10.8. The normalized spacial score (nSPS) is 10.0. The largest absolute Gasteiger partial charge is 0.494 e. The van der Waals surface area contributed by atoms with Gasteiger partial charge in [-0.25, -0.2) is 4.79 Å². The average Bonchev–Trinajstić information content (AvgIpc) is 2.36. The topological polar surface area (TPSA) is 78.7 Å². The molecule has 1 aromatic carbocycles. The molecule has 0 aromatic heterocycles. The molecule has 19 heavy (non-hydrogen) atoms. The third-order valence-electron chi connectivity index (χ3n) is 2.14. The number of carbonyl (C=O) groups is 1. The molecule has 8 heteroatoms. The van der Waals surface area contributed by atoms with E-state index >= 15 is 0 Å². The highest BCUT2D eigenvalue weighted by molar-refractivity contribution is 14.1. The van der Waals surface area contributed by atoms with E-state index in [4.69, 9.17) is 9.47 Å². The van der Waals surface area contributed by atoms with Gasteiger partial charge in [-0.1, -0.05) is 22.6 Å². The number of nitrogens with zero attached hydrogens (tertiary/aromatic N) is 1. The minimum atomic E-state index is -0.668. The highest BCUT2D eigenvalue weighted by Gasteiger charge is 2.16.